The summed E-state index contributed by atoms with van der Waals surface area (Å²) in [7, 11) is -0.507. The molecule has 1 heterocycles. The third-order valence-corrected chi connectivity index (χ3v) is 7.20. The summed E-state index contributed by atoms with van der Waals surface area (Å²) in [5, 5.41) is 10.8. The molecule has 0 saturated carbocycles. The molecule has 6 nitrogen and oxygen atoms in total. The number of benzene rings is 1. The molecule has 0 bridgehead atoms. The maximum Gasteiger partial charge on any atom is 0.308 e. The fourth-order valence-corrected chi connectivity index (χ4v) is 5.78. The Labute approximate surface area is 154 Å². The molecule has 0 spiro atoms. The highest BCUT2D eigenvalue weighted by atomic mass is 79.9. The van der Waals surface area contributed by atoms with E-state index in [4.69, 9.17) is 5.21 Å². The van der Waals surface area contributed by atoms with Gasteiger partial charge in [0.2, 0.25) is 15.9 Å². The average Bonchev–Trinajstić information content (AvgIpc) is 2.64. The number of carbonyl (C=O) groups excluding carboxylic acids is 1. The molecule has 2 rings (SSSR count). The zero-order valence-corrected chi connectivity index (χ0v) is 16.6. The second kappa shape index (κ2) is 7.01. The minimum absolute atomic E-state index is 0.0104. The van der Waals surface area contributed by atoms with Crippen LogP contribution in [0.2, 0.25) is 0 Å². The Morgan fingerprint density at radius 3 is 2.62 bits per heavy atom. The number of hydrogen-bond acceptors (Lipinski definition) is 5. The summed E-state index contributed by atoms with van der Waals surface area (Å²) in [4.78, 5) is 12.3. The van der Waals surface area contributed by atoms with Crippen molar-refractivity contribution in [1.29, 1.82) is 0 Å². The average molecular weight is 434 g/mol. The van der Waals surface area contributed by atoms with Crippen molar-refractivity contribution in [3.8, 4) is 0 Å². The van der Waals surface area contributed by atoms with E-state index >= 15 is 0 Å². The number of nitrogens with one attached hydrogen (secondary N) is 1. The number of allylic oxidation sites excluding steroid dienone is 2. The summed E-state index contributed by atoms with van der Waals surface area (Å²) in [6, 6.07) is 3.76. The van der Waals surface area contributed by atoms with E-state index in [2.05, 4.69) is 15.9 Å². The third kappa shape index (κ3) is 3.60. The number of halogens is 1. The van der Waals surface area contributed by atoms with Crippen molar-refractivity contribution in [3.05, 3.63) is 50.7 Å². The van der Waals surface area contributed by atoms with Crippen molar-refractivity contribution in [3.63, 3.8) is 0 Å². The fourth-order valence-electron chi connectivity index (χ4n) is 2.54. The Morgan fingerprint density at radius 2 is 2.04 bits per heavy atom. The van der Waals surface area contributed by atoms with Gasteiger partial charge in [-0.3, -0.25) is 10.0 Å². The van der Waals surface area contributed by atoms with Crippen LogP contribution in [-0.2, 0) is 14.6 Å². The lowest BCUT2D eigenvalue weighted by atomic mass is 10.2. The maximum atomic E-state index is 13.2. The normalized spacial score (nSPS) is 20.2. The number of sulfone groups is 1. The number of aryl methyl sites for hydroxylation is 1. The van der Waals surface area contributed by atoms with E-state index in [9.17, 15) is 13.2 Å². The first-order valence-corrected chi connectivity index (χ1v) is 10.1. The molecule has 2 N–H and O–H groups in total. The van der Waals surface area contributed by atoms with Crippen LogP contribution in [0.1, 0.15) is 5.56 Å². The lowest BCUT2D eigenvalue weighted by molar-refractivity contribution is -0.761. The number of amides is 1. The van der Waals surface area contributed by atoms with Gasteiger partial charge >= 0.3 is 5.91 Å². The van der Waals surface area contributed by atoms with Crippen LogP contribution < -0.4 is 5.48 Å². The molecule has 24 heavy (non-hydrogen) atoms. The minimum Gasteiger partial charge on any atom is -0.288 e. The molecule has 0 aliphatic carbocycles. The summed E-state index contributed by atoms with van der Waals surface area (Å²) in [6.07, 6.45) is 3.01. The van der Waals surface area contributed by atoms with Crippen molar-refractivity contribution >= 4 is 43.6 Å². The van der Waals surface area contributed by atoms with Gasteiger partial charge < -0.3 is 0 Å². The second-order valence-electron chi connectivity index (χ2n) is 5.73. The molecular formula is C15H18BrN2O4S2+. The molecular weight excluding hydrogens is 416 g/mol. The smallest absolute Gasteiger partial charge is 0.288 e. The molecule has 1 aromatic rings. The van der Waals surface area contributed by atoms with Crippen LogP contribution in [0.4, 0.5) is 0 Å². The van der Waals surface area contributed by atoms with E-state index in [1.807, 2.05) is 0 Å². The minimum atomic E-state index is -3.92. The van der Waals surface area contributed by atoms with Crippen LogP contribution in [0.15, 0.2) is 50.0 Å². The molecule has 1 atom stereocenters. The van der Waals surface area contributed by atoms with Crippen LogP contribution in [0.5, 0.6) is 0 Å². The maximum absolute atomic E-state index is 13.2. The van der Waals surface area contributed by atoms with Gasteiger partial charge in [-0.15, -0.1) is 0 Å². The van der Waals surface area contributed by atoms with Gasteiger partial charge in [-0.2, -0.15) is 0 Å². The standard InChI is InChI=1S/C15H17BrN2O4S2/c1-10-9-11(16)6-7-12(10)24(21,22)13-5-4-8-23-18(2,3)14(13)15(19)17-20/h4-9,14H,1-3H3,(H-,17,19,20)/p+1. The van der Waals surface area contributed by atoms with Gasteiger partial charge in [0.15, 0.2) is 0 Å². The van der Waals surface area contributed by atoms with E-state index in [0.717, 1.165) is 4.47 Å². The molecule has 1 aliphatic heterocycles. The third-order valence-electron chi connectivity index (χ3n) is 3.66. The second-order valence-corrected chi connectivity index (χ2v) is 9.99. The molecule has 1 unspecified atom stereocenters. The summed E-state index contributed by atoms with van der Waals surface area (Å²) >= 11 is 4.59. The molecule has 1 aliphatic rings. The molecule has 1 amide bonds. The van der Waals surface area contributed by atoms with Crippen molar-refractivity contribution in [2.75, 3.05) is 14.1 Å². The van der Waals surface area contributed by atoms with E-state index in [1.165, 1.54) is 24.1 Å². The molecule has 1 aromatic carbocycles. The summed E-state index contributed by atoms with van der Waals surface area (Å²) in [6.45, 7) is 1.70. The number of likely N-dealkylation sites (N-methyl/N-ethyl adjacent to an activating group) is 1. The lowest BCUT2D eigenvalue weighted by Crippen LogP contribution is -2.53. The highest BCUT2D eigenvalue weighted by Gasteiger charge is 2.45. The van der Waals surface area contributed by atoms with Crippen LogP contribution in [-0.4, -0.2) is 43.6 Å². The van der Waals surface area contributed by atoms with Crippen molar-refractivity contribution in [2.45, 2.75) is 17.9 Å². The monoisotopic (exact) mass is 433 g/mol. The molecule has 0 aromatic heterocycles. The number of rotatable bonds is 3. The highest BCUT2D eigenvalue weighted by Crippen LogP contribution is 2.36. The highest BCUT2D eigenvalue weighted by molar-refractivity contribution is 9.10. The largest absolute Gasteiger partial charge is 0.308 e. The number of hydroxylamine groups is 1. The van der Waals surface area contributed by atoms with E-state index in [0.29, 0.717) is 5.56 Å². The first-order valence-electron chi connectivity index (χ1n) is 6.95. The van der Waals surface area contributed by atoms with Gasteiger partial charge in [0.25, 0.3) is 0 Å². The Balaban J connectivity index is 2.67. The van der Waals surface area contributed by atoms with Gasteiger partial charge in [-0.25, -0.2) is 17.8 Å². The van der Waals surface area contributed by atoms with Crippen LogP contribution in [0, 0.1) is 6.92 Å². The van der Waals surface area contributed by atoms with Crippen LogP contribution in [0.25, 0.3) is 0 Å². The number of quaternary nitrogens is 1. The van der Waals surface area contributed by atoms with E-state index in [1.54, 1.807) is 50.1 Å². The predicted octanol–water partition coefficient (Wildman–Crippen LogP) is 2.54. The van der Waals surface area contributed by atoms with E-state index < -0.39 is 21.8 Å². The lowest BCUT2D eigenvalue weighted by Gasteiger charge is -2.33. The molecule has 130 valence electrons. The number of hydrogen-bond donors (Lipinski definition) is 2. The summed E-state index contributed by atoms with van der Waals surface area (Å²) in [5.74, 6) is -0.777. The summed E-state index contributed by atoms with van der Waals surface area (Å²) < 4.78 is 27.1. The molecule has 0 radical (unpaired) electrons. The zero-order chi connectivity index (χ0) is 18.1. The van der Waals surface area contributed by atoms with Crippen molar-refractivity contribution in [1.82, 2.24) is 5.48 Å². The molecule has 0 fully saturated rings. The van der Waals surface area contributed by atoms with Gasteiger partial charge in [-0.05, 0) is 42.8 Å². The van der Waals surface area contributed by atoms with E-state index in [-0.39, 0.29) is 13.7 Å². The first kappa shape index (κ1) is 19.2. The topological polar surface area (TPSA) is 83.5 Å². The Hall–Kier alpha value is -1.13. The Morgan fingerprint density at radius 1 is 1.38 bits per heavy atom. The van der Waals surface area contributed by atoms with Gasteiger partial charge in [-0.1, -0.05) is 15.9 Å². The van der Waals surface area contributed by atoms with Crippen molar-refractivity contribution in [2.24, 2.45) is 0 Å². The zero-order valence-electron chi connectivity index (χ0n) is 13.4. The Kier molecular flexibility index (Phi) is 5.61. The van der Waals surface area contributed by atoms with Gasteiger partial charge in [0.1, 0.15) is 16.9 Å². The fraction of sp³-hybridized carbons (Fsp3) is 0.267. The van der Waals surface area contributed by atoms with Gasteiger partial charge in [0.05, 0.1) is 19.0 Å². The molecule has 9 heteroatoms. The number of carbonyl (C=O) groups is 1. The first-order chi connectivity index (χ1) is 11.1. The van der Waals surface area contributed by atoms with Crippen LogP contribution in [0.3, 0.4) is 0 Å². The summed E-state index contributed by atoms with van der Waals surface area (Å²) in [5.41, 5.74) is 2.16. The predicted molar refractivity (Wildman–Crippen MR) is 96.7 cm³/mol. The van der Waals surface area contributed by atoms with Gasteiger partial charge in [0, 0.05) is 9.88 Å². The van der Waals surface area contributed by atoms with Crippen molar-refractivity contribution < 1.29 is 22.3 Å². The molecule has 0 saturated heterocycles. The Bertz CT molecular complexity index is 832. The van der Waals surface area contributed by atoms with Crippen LogP contribution >= 0.6 is 27.9 Å². The quantitative estimate of drug-likeness (QED) is 0.331. The SMILES string of the molecule is Cc1cc(Br)ccc1S(=O)(=O)C1=CC=CS[N+](C)(C)C1C(=O)NO. The number of nitrogens with zero attached hydrogens (tertiary/aromatic N) is 1.